The highest BCUT2D eigenvalue weighted by atomic mass is 16.6. The highest BCUT2D eigenvalue weighted by Gasteiger charge is 2.59. The van der Waals surface area contributed by atoms with Gasteiger partial charge >= 0.3 is 0 Å². The smallest absolute Gasteiger partial charge is 0.272 e. The first-order valence-corrected chi connectivity index (χ1v) is 11.3. The maximum absolute atomic E-state index is 14.2. The molecule has 0 radical (unpaired) electrons. The van der Waals surface area contributed by atoms with Gasteiger partial charge in [0.1, 0.15) is 23.3 Å². The van der Waals surface area contributed by atoms with Gasteiger partial charge in [0, 0.05) is 10.6 Å². The molecule has 1 fully saturated rings. The minimum atomic E-state index is -1.04. The molecule has 4 atom stereocenters. The predicted molar refractivity (Wildman–Crippen MR) is 130 cm³/mol. The normalized spacial score (nSPS) is 22.6. The van der Waals surface area contributed by atoms with Gasteiger partial charge in [-0.05, 0) is 41.5 Å². The van der Waals surface area contributed by atoms with Crippen molar-refractivity contribution in [2.24, 2.45) is 0 Å². The standard InChI is InChI=1S/C26H21N5O4/c1-35-18-13-10-17(11-14-18)23-24(31(33)34)22-15-12-16-6-2-4-8-20(16)29(22)25(23)26(32)30-21-9-5-3-7-19(21)27-28-30/h2-15,22-25H,1H3/t22-,23+,24+,25+/m0/s1. The minimum Gasteiger partial charge on any atom is -0.497 e. The van der Waals surface area contributed by atoms with E-state index in [1.807, 2.05) is 53.5 Å². The van der Waals surface area contributed by atoms with Crippen LogP contribution in [0.3, 0.4) is 0 Å². The first kappa shape index (κ1) is 21.0. The van der Waals surface area contributed by atoms with Crippen molar-refractivity contribution in [3.8, 4) is 5.75 Å². The van der Waals surface area contributed by atoms with Gasteiger partial charge in [-0.3, -0.25) is 14.9 Å². The van der Waals surface area contributed by atoms with E-state index in [0.717, 1.165) is 11.3 Å². The topological polar surface area (TPSA) is 103 Å². The molecule has 1 saturated heterocycles. The summed E-state index contributed by atoms with van der Waals surface area (Å²) in [5, 5.41) is 20.8. The van der Waals surface area contributed by atoms with Gasteiger partial charge in [-0.25, -0.2) is 0 Å². The Labute approximate surface area is 200 Å². The Morgan fingerprint density at radius 2 is 1.77 bits per heavy atom. The third-order valence-electron chi connectivity index (χ3n) is 6.92. The van der Waals surface area contributed by atoms with Crippen LogP contribution in [0.1, 0.15) is 21.8 Å². The van der Waals surface area contributed by atoms with Crippen molar-refractivity contribution >= 4 is 28.7 Å². The van der Waals surface area contributed by atoms with Gasteiger partial charge in [0.15, 0.2) is 0 Å². The zero-order chi connectivity index (χ0) is 24.1. The number of para-hydroxylation sites is 2. The van der Waals surface area contributed by atoms with Gasteiger partial charge in [-0.2, -0.15) is 4.68 Å². The molecule has 4 aromatic rings. The van der Waals surface area contributed by atoms with E-state index in [2.05, 4.69) is 10.3 Å². The summed E-state index contributed by atoms with van der Waals surface area (Å²) in [6.07, 6.45) is 3.73. The fraction of sp³-hybridized carbons (Fsp3) is 0.192. The summed E-state index contributed by atoms with van der Waals surface area (Å²) in [6, 6.07) is 19.4. The van der Waals surface area contributed by atoms with Gasteiger partial charge in [0.2, 0.25) is 6.04 Å². The van der Waals surface area contributed by atoms with E-state index in [1.54, 1.807) is 43.5 Å². The van der Waals surface area contributed by atoms with E-state index < -0.39 is 24.0 Å². The van der Waals surface area contributed by atoms with Crippen molar-refractivity contribution in [3.05, 3.63) is 100 Å². The van der Waals surface area contributed by atoms with Crippen molar-refractivity contribution in [2.45, 2.75) is 24.0 Å². The van der Waals surface area contributed by atoms with Crippen molar-refractivity contribution in [1.82, 2.24) is 15.0 Å². The summed E-state index contributed by atoms with van der Waals surface area (Å²) < 4.78 is 6.56. The number of anilines is 1. The van der Waals surface area contributed by atoms with Gasteiger partial charge < -0.3 is 9.64 Å². The van der Waals surface area contributed by atoms with E-state index in [1.165, 1.54) is 4.68 Å². The lowest BCUT2D eigenvalue weighted by atomic mass is 9.86. The van der Waals surface area contributed by atoms with Gasteiger partial charge in [-0.15, -0.1) is 5.10 Å². The zero-order valence-corrected chi connectivity index (χ0v) is 18.8. The average Bonchev–Trinajstić information content (AvgIpc) is 3.48. The molecule has 0 bridgehead atoms. The van der Waals surface area contributed by atoms with Gasteiger partial charge in [0.05, 0.1) is 18.5 Å². The highest BCUT2D eigenvalue weighted by Crippen LogP contribution is 2.46. The number of methoxy groups -OCH3 is 1. The van der Waals surface area contributed by atoms with Crippen LogP contribution in [0.25, 0.3) is 17.1 Å². The molecule has 35 heavy (non-hydrogen) atoms. The second-order valence-corrected chi connectivity index (χ2v) is 8.66. The van der Waals surface area contributed by atoms with Crippen LogP contribution in [0.5, 0.6) is 5.75 Å². The Kier molecular flexibility index (Phi) is 4.84. The summed E-state index contributed by atoms with van der Waals surface area (Å²) in [7, 11) is 1.56. The third kappa shape index (κ3) is 3.19. The molecule has 0 N–H and O–H groups in total. The fourth-order valence-corrected chi connectivity index (χ4v) is 5.40. The Morgan fingerprint density at radius 1 is 1.03 bits per heavy atom. The van der Waals surface area contributed by atoms with E-state index in [9.17, 15) is 14.9 Å². The molecule has 0 unspecified atom stereocenters. The number of hydrogen-bond acceptors (Lipinski definition) is 7. The van der Waals surface area contributed by atoms with E-state index in [0.29, 0.717) is 22.3 Å². The SMILES string of the molecule is COc1ccc([C@@H]2[C@H]([N+](=O)[O-])[C@@H]3C=Cc4ccccc4N3[C@H]2C(=O)n2nnc3ccccc32)cc1. The molecule has 0 amide bonds. The molecular weight excluding hydrogens is 446 g/mol. The average molecular weight is 467 g/mol. The Balaban J connectivity index is 1.57. The largest absolute Gasteiger partial charge is 0.497 e. The predicted octanol–water partition coefficient (Wildman–Crippen LogP) is 3.79. The van der Waals surface area contributed by atoms with Crippen LogP contribution in [0.2, 0.25) is 0 Å². The molecular formula is C26H21N5O4. The fourth-order valence-electron chi connectivity index (χ4n) is 5.40. The minimum absolute atomic E-state index is 0.266. The Bertz CT molecular complexity index is 1480. The Morgan fingerprint density at radius 3 is 2.54 bits per heavy atom. The lowest BCUT2D eigenvalue weighted by Gasteiger charge is -2.33. The number of hydrogen-bond donors (Lipinski definition) is 0. The number of nitro groups is 1. The molecule has 9 heteroatoms. The van der Waals surface area contributed by atoms with E-state index in [4.69, 9.17) is 4.74 Å². The molecule has 3 aromatic carbocycles. The summed E-state index contributed by atoms with van der Waals surface area (Å²) in [5.41, 5.74) is 3.53. The quantitative estimate of drug-likeness (QED) is 0.332. The van der Waals surface area contributed by atoms with E-state index >= 15 is 0 Å². The number of aromatic nitrogens is 3. The van der Waals surface area contributed by atoms with Crippen LogP contribution in [-0.2, 0) is 0 Å². The molecule has 1 aromatic heterocycles. The molecule has 0 aliphatic carbocycles. The summed E-state index contributed by atoms with van der Waals surface area (Å²) in [6.45, 7) is 0. The zero-order valence-electron chi connectivity index (χ0n) is 18.8. The van der Waals surface area contributed by atoms with Crippen LogP contribution in [0, 0.1) is 10.1 Å². The molecule has 2 aliphatic heterocycles. The van der Waals surface area contributed by atoms with Crippen molar-refractivity contribution in [2.75, 3.05) is 12.0 Å². The number of benzene rings is 3. The van der Waals surface area contributed by atoms with Gasteiger partial charge in [0.25, 0.3) is 5.91 Å². The molecule has 2 aliphatic rings. The molecule has 174 valence electrons. The number of carbonyl (C=O) groups excluding carboxylic acids is 1. The highest BCUT2D eigenvalue weighted by molar-refractivity contribution is 5.96. The van der Waals surface area contributed by atoms with Gasteiger partial charge in [-0.1, -0.05) is 59.8 Å². The third-order valence-corrected chi connectivity index (χ3v) is 6.92. The second-order valence-electron chi connectivity index (χ2n) is 8.66. The molecule has 0 spiro atoms. The number of fused-ring (bicyclic) bond motifs is 4. The number of ether oxygens (including phenoxy) is 1. The molecule has 3 heterocycles. The summed E-state index contributed by atoms with van der Waals surface area (Å²) >= 11 is 0. The lowest BCUT2D eigenvalue weighted by molar-refractivity contribution is -0.524. The monoisotopic (exact) mass is 467 g/mol. The summed E-state index contributed by atoms with van der Waals surface area (Å²) in [5.74, 6) is -0.455. The van der Waals surface area contributed by atoms with Crippen LogP contribution < -0.4 is 9.64 Å². The first-order chi connectivity index (χ1) is 17.1. The van der Waals surface area contributed by atoms with E-state index in [-0.39, 0.29) is 10.8 Å². The van der Waals surface area contributed by atoms with Crippen molar-refractivity contribution in [1.29, 1.82) is 0 Å². The van der Waals surface area contributed by atoms with Crippen LogP contribution in [0.4, 0.5) is 5.69 Å². The van der Waals surface area contributed by atoms with Crippen molar-refractivity contribution < 1.29 is 14.5 Å². The lowest BCUT2D eigenvalue weighted by Crippen LogP contribution is -2.46. The Hall–Kier alpha value is -4.53. The molecule has 0 saturated carbocycles. The number of rotatable bonds is 4. The van der Waals surface area contributed by atoms with Crippen molar-refractivity contribution in [3.63, 3.8) is 0 Å². The first-order valence-electron chi connectivity index (χ1n) is 11.3. The second kappa shape index (κ2) is 8.05. The number of nitrogens with zero attached hydrogens (tertiary/aromatic N) is 5. The van der Waals surface area contributed by atoms with Crippen LogP contribution in [0.15, 0.2) is 78.9 Å². The van der Waals surface area contributed by atoms with Crippen LogP contribution in [-0.4, -0.2) is 51.1 Å². The van der Waals surface area contributed by atoms with Crippen LogP contribution >= 0.6 is 0 Å². The maximum atomic E-state index is 14.2. The summed E-state index contributed by atoms with van der Waals surface area (Å²) in [4.78, 5) is 28.3. The molecule has 6 rings (SSSR count). The number of carbonyl (C=O) groups is 1. The maximum Gasteiger partial charge on any atom is 0.272 e. The molecule has 9 nitrogen and oxygen atoms in total.